The Morgan fingerprint density at radius 3 is 2.57 bits per heavy atom. The van der Waals surface area contributed by atoms with Gasteiger partial charge in [0.2, 0.25) is 5.91 Å². The quantitative estimate of drug-likeness (QED) is 0.923. The van der Waals surface area contributed by atoms with Crippen molar-refractivity contribution < 1.29 is 9.00 Å². The second kappa shape index (κ2) is 5.89. The van der Waals surface area contributed by atoms with Crippen molar-refractivity contribution in [3.05, 3.63) is 35.9 Å². The van der Waals surface area contributed by atoms with Gasteiger partial charge in [-0.25, -0.2) is 0 Å². The second-order valence-electron chi connectivity index (χ2n) is 6.02. The van der Waals surface area contributed by atoms with E-state index in [2.05, 4.69) is 17.4 Å². The van der Waals surface area contributed by atoms with Gasteiger partial charge in [0, 0.05) is 29.4 Å². The average molecular weight is 306 g/mol. The molecule has 1 heterocycles. The summed E-state index contributed by atoms with van der Waals surface area (Å²) in [6.07, 6.45) is 5.65. The third-order valence-electron chi connectivity index (χ3n) is 4.59. The van der Waals surface area contributed by atoms with Gasteiger partial charge in [-0.2, -0.15) is 0 Å². The Hall–Kier alpha value is -1.20. The molecular weight excluding hydrogens is 284 g/mol. The first-order valence-electron chi connectivity index (χ1n) is 7.56. The van der Waals surface area contributed by atoms with E-state index >= 15 is 0 Å². The van der Waals surface area contributed by atoms with Crippen LogP contribution in [0.25, 0.3) is 0 Å². The fourth-order valence-electron chi connectivity index (χ4n) is 3.49. The highest BCUT2D eigenvalue weighted by Crippen LogP contribution is 2.40. The van der Waals surface area contributed by atoms with Gasteiger partial charge >= 0.3 is 0 Å². The van der Waals surface area contributed by atoms with Crippen molar-refractivity contribution >= 4 is 16.7 Å². The summed E-state index contributed by atoms with van der Waals surface area (Å²) < 4.78 is 11.4. The standard InChI is InChI=1S/C16H22N2O2S/c1-21(20)12-11-18-14(13-7-3-2-4-8-13)17-16(15(18)19)9-5-6-10-16/h2-4,7-8,14,17H,5-6,9-12H2,1H3. The van der Waals surface area contributed by atoms with Gasteiger partial charge in [0.05, 0.1) is 5.54 Å². The summed E-state index contributed by atoms with van der Waals surface area (Å²) in [5.41, 5.74) is 0.729. The summed E-state index contributed by atoms with van der Waals surface area (Å²) in [6.45, 7) is 0.552. The number of carbonyl (C=O) groups excluding carboxylic acids is 1. The molecule has 0 radical (unpaired) electrons. The number of hydrogen-bond donors (Lipinski definition) is 1. The zero-order chi connectivity index (χ0) is 14.9. The average Bonchev–Trinajstić information content (AvgIpc) is 3.06. The largest absolute Gasteiger partial charge is 0.320 e. The SMILES string of the molecule is CS(=O)CCN1C(=O)C2(CCCC2)NC1c1ccccc1. The van der Waals surface area contributed by atoms with Crippen LogP contribution in [0.1, 0.15) is 37.4 Å². The molecule has 114 valence electrons. The highest BCUT2D eigenvalue weighted by molar-refractivity contribution is 7.84. The van der Waals surface area contributed by atoms with Crippen LogP contribution >= 0.6 is 0 Å². The van der Waals surface area contributed by atoms with Gasteiger partial charge in [0.1, 0.15) is 6.17 Å². The predicted molar refractivity (Wildman–Crippen MR) is 84.2 cm³/mol. The van der Waals surface area contributed by atoms with E-state index < -0.39 is 10.8 Å². The minimum absolute atomic E-state index is 0.0830. The van der Waals surface area contributed by atoms with Gasteiger partial charge in [0.15, 0.2) is 0 Å². The van der Waals surface area contributed by atoms with Crippen LogP contribution in [0.5, 0.6) is 0 Å². The van der Waals surface area contributed by atoms with Crippen molar-refractivity contribution in [1.82, 2.24) is 10.2 Å². The molecule has 1 amide bonds. The molecule has 1 aromatic carbocycles. The van der Waals surface area contributed by atoms with Crippen molar-refractivity contribution in [2.75, 3.05) is 18.6 Å². The van der Waals surface area contributed by atoms with Gasteiger partial charge in [-0.05, 0) is 18.4 Å². The van der Waals surface area contributed by atoms with E-state index in [1.807, 2.05) is 23.1 Å². The lowest BCUT2D eigenvalue weighted by molar-refractivity contribution is -0.133. The second-order valence-corrected chi connectivity index (χ2v) is 7.58. The maximum atomic E-state index is 12.9. The summed E-state index contributed by atoms with van der Waals surface area (Å²) >= 11 is 0. The van der Waals surface area contributed by atoms with E-state index in [1.165, 1.54) is 0 Å². The molecule has 1 aromatic rings. The molecule has 21 heavy (non-hydrogen) atoms. The lowest BCUT2D eigenvalue weighted by Gasteiger charge is -2.24. The molecule has 1 saturated carbocycles. The van der Waals surface area contributed by atoms with Gasteiger partial charge in [-0.15, -0.1) is 0 Å². The lowest BCUT2D eigenvalue weighted by Crippen LogP contribution is -2.44. The van der Waals surface area contributed by atoms with Crippen molar-refractivity contribution in [3.63, 3.8) is 0 Å². The zero-order valence-corrected chi connectivity index (χ0v) is 13.2. The Kier molecular flexibility index (Phi) is 4.13. The van der Waals surface area contributed by atoms with E-state index in [1.54, 1.807) is 6.26 Å². The first-order chi connectivity index (χ1) is 10.1. The minimum Gasteiger partial charge on any atom is -0.320 e. The van der Waals surface area contributed by atoms with E-state index in [0.717, 1.165) is 31.2 Å². The van der Waals surface area contributed by atoms with Crippen molar-refractivity contribution in [3.8, 4) is 0 Å². The van der Waals surface area contributed by atoms with Crippen molar-refractivity contribution in [2.24, 2.45) is 0 Å². The van der Waals surface area contributed by atoms with Crippen LogP contribution in [0.15, 0.2) is 30.3 Å². The Morgan fingerprint density at radius 1 is 1.29 bits per heavy atom. The summed E-state index contributed by atoms with van der Waals surface area (Å²) in [6, 6.07) is 10.1. The maximum absolute atomic E-state index is 12.9. The molecule has 1 saturated heterocycles. The fraction of sp³-hybridized carbons (Fsp3) is 0.562. The predicted octanol–water partition coefficient (Wildman–Crippen LogP) is 1.81. The van der Waals surface area contributed by atoms with Crippen LogP contribution in [0, 0.1) is 0 Å². The molecule has 2 atom stereocenters. The first-order valence-corrected chi connectivity index (χ1v) is 9.29. The van der Waals surface area contributed by atoms with Crippen LogP contribution < -0.4 is 5.32 Å². The molecule has 1 spiro atoms. The van der Waals surface area contributed by atoms with Crippen molar-refractivity contribution in [1.29, 1.82) is 0 Å². The molecule has 0 bridgehead atoms. The van der Waals surface area contributed by atoms with Crippen molar-refractivity contribution in [2.45, 2.75) is 37.4 Å². The Balaban J connectivity index is 1.88. The maximum Gasteiger partial charge on any atom is 0.244 e. The number of nitrogens with one attached hydrogen (secondary N) is 1. The molecule has 5 heteroatoms. The van der Waals surface area contributed by atoms with E-state index in [0.29, 0.717) is 12.3 Å². The molecule has 3 rings (SSSR count). The van der Waals surface area contributed by atoms with E-state index in [9.17, 15) is 9.00 Å². The van der Waals surface area contributed by atoms with Crippen LogP contribution in [-0.4, -0.2) is 39.1 Å². The lowest BCUT2D eigenvalue weighted by atomic mass is 9.98. The molecule has 1 aliphatic carbocycles. The highest BCUT2D eigenvalue weighted by Gasteiger charge is 2.52. The zero-order valence-electron chi connectivity index (χ0n) is 12.4. The Morgan fingerprint density at radius 2 is 1.95 bits per heavy atom. The normalized spacial score (nSPS) is 25.7. The van der Waals surface area contributed by atoms with Gasteiger partial charge in [-0.3, -0.25) is 14.3 Å². The third-order valence-corrected chi connectivity index (χ3v) is 5.34. The van der Waals surface area contributed by atoms with Crippen LogP contribution in [0.2, 0.25) is 0 Å². The summed E-state index contributed by atoms with van der Waals surface area (Å²) in [4.78, 5) is 14.8. The molecule has 2 aliphatic rings. The first kappa shape index (κ1) is 14.7. The molecule has 2 unspecified atom stereocenters. The van der Waals surface area contributed by atoms with Crippen LogP contribution in [-0.2, 0) is 15.6 Å². The molecule has 2 fully saturated rings. The number of rotatable bonds is 4. The minimum atomic E-state index is -0.883. The molecule has 1 N–H and O–H groups in total. The topological polar surface area (TPSA) is 49.4 Å². The van der Waals surface area contributed by atoms with Gasteiger partial charge < -0.3 is 4.90 Å². The number of hydrogen-bond acceptors (Lipinski definition) is 3. The Labute approximate surface area is 128 Å². The summed E-state index contributed by atoms with van der Waals surface area (Å²) in [5.74, 6) is 0.728. The van der Waals surface area contributed by atoms with Gasteiger partial charge in [0.25, 0.3) is 0 Å². The monoisotopic (exact) mass is 306 g/mol. The fourth-order valence-corrected chi connectivity index (χ4v) is 3.94. The molecule has 4 nitrogen and oxygen atoms in total. The van der Waals surface area contributed by atoms with Gasteiger partial charge in [-0.1, -0.05) is 43.2 Å². The number of benzene rings is 1. The number of amides is 1. The number of nitrogens with zero attached hydrogens (tertiary/aromatic N) is 1. The molecule has 1 aliphatic heterocycles. The van der Waals surface area contributed by atoms with Crippen LogP contribution in [0.3, 0.4) is 0 Å². The summed E-state index contributed by atoms with van der Waals surface area (Å²) in [5, 5.41) is 3.58. The number of carbonyl (C=O) groups is 1. The third kappa shape index (κ3) is 2.77. The van der Waals surface area contributed by atoms with E-state index in [-0.39, 0.29) is 17.6 Å². The smallest absolute Gasteiger partial charge is 0.244 e. The van der Waals surface area contributed by atoms with Crippen LogP contribution in [0.4, 0.5) is 0 Å². The molecule has 0 aromatic heterocycles. The highest BCUT2D eigenvalue weighted by atomic mass is 32.2. The summed E-state index contributed by atoms with van der Waals surface area (Å²) in [7, 11) is -0.883. The molecular formula is C16H22N2O2S. The Bertz CT molecular complexity index is 540. The van der Waals surface area contributed by atoms with E-state index in [4.69, 9.17) is 0 Å².